The average molecular weight is 268 g/mol. The van der Waals surface area contributed by atoms with Gasteiger partial charge in [0.25, 0.3) is 0 Å². The van der Waals surface area contributed by atoms with Gasteiger partial charge in [0.15, 0.2) is 0 Å². The first-order valence-corrected chi connectivity index (χ1v) is 6.41. The Morgan fingerprint density at radius 2 is 1.53 bits per heavy atom. The van der Waals surface area contributed by atoms with E-state index >= 15 is 0 Å². The van der Waals surface area contributed by atoms with E-state index in [1.807, 2.05) is 14.1 Å². The van der Waals surface area contributed by atoms with E-state index in [2.05, 4.69) is 12.2 Å². The highest BCUT2D eigenvalue weighted by molar-refractivity contribution is 5.85. The zero-order valence-electron chi connectivity index (χ0n) is 11.8. The molecule has 3 nitrogen and oxygen atoms in total. The zero-order chi connectivity index (χ0) is 12.8. The minimum absolute atomic E-state index is 0. The first-order chi connectivity index (χ1) is 7.59. The summed E-state index contributed by atoms with van der Waals surface area (Å²) in [4.78, 5) is 10.5. The SMILES string of the molecule is CCCCCCCCC(C)C(=O)O.CNC.Cl. The minimum Gasteiger partial charge on any atom is -0.481 e. The van der Waals surface area contributed by atoms with E-state index in [-0.39, 0.29) is 18.3 Å². The van der Waals surface area contributed by atoms with Crippen LogP contribution in [0.1, 0.15) is 58.8 Å². The molecule has 4 heteroatoms. The van der Waals surface area contributed by atoms with Crippen molar-refractivity contribution in [2.45, 2.75) is 58.8 Å². The Labute approximate surface area is 113 Å². The van der Waals surface area contributed by atoms with Gasteiger partial charge in [-0.15, -0.1) is 12.4 Å². The van der Waals surface area contributed by atoms with Crippen LogP contribution in [-0.2, 0) is 4.79 Å². The van der Waals surface area contributed by atoms with Crippen molar-refractivity contribution in [2.75, 3.05) is 14.1 Å². The molecule has 1 unspecified atom stereocenters. The fourth-order valence-electron chi connectivity index (χ4n) is 1.35. The summed E-state index contributed by atoms with van der Waals surface area (Å²) >= 11 is 0. The highest BCUT2D eigenvalue weighted by atomic mass is 35.5. The number of carboxylic acid groups (broad SMARTS) is 1. The average Bonchev–Trinajstić information content (AvgIpc) is 2.24. The lowest BCUT2D eigenvalue weighted by Crippen LogP contribution is -2.08. The second kappa shape index (κ2) is 18.1. The quantitative estimate of drug-likeness (QED) is 0.659. The van der Waals surface area contributed by atoms with E-state index in [9.17, 15) is 4.79 Å². The van der Waals surface area contributed by atoms with Gasteiger partial charge >= 0.3 is 5.97 Å². The van der Waals surface area contributed by atoms with Crippen molar-refractivity contribution in [2.24, 2.45) is 5.92 Å². The van der Waals surface area contributed by atoms with Crippen molar-refractivity contribution in [3.05, 3.63) is 0 Å². The van der Waals surface area contributed by atoms with Crippen molar-refractivity contribution < 1.29 is 9.90 Å². The number of carbonyl (C=O) groups is 1. The van der Waals surface area contributed by atoms with Gasteiger partial charge in [-0.25, -0.2) is 0 Å². The van der Waals surface area contributed by atoms with Gasteiger partial charge in [-0.1, -0.05) is 52.4 Å². The third kappa shape index (κ3) is 21.5. The highest BCUT2D eigenvalue weighted by Gasteiger charge is 2.08. The Kier molecular flexibility index (Phi) is 23.4. The number of rotatable bonds is 8. The van der Waals surface area contributed by atoms with E-state index in [4.69, 9.17) is 5.11 Å². The minimum atomic E-state index is -0.659. The smallest absolute Gasteiger partial charge is 0.306 e. The molecule has 0 aromatic heterocycles. The lowest BCUT2D eigenvalue weighted by atomic mass is 10.0. The molecule has 2 N–H and O–H groups in total. The van der Waals surface area contributed by atoms with Gasteiger partial charge < -0.3 is 10.4 Å². The van der Waals surface area contributed by atoms with Gasteiger partial charge in [0, 0.05) is 0 Å². The molecular weight excluding hydrogens is 238 g/mol. The first kappa shape index (κ1) is 21.9. The normalized spacial score (nSPS) is 10.8. The number of nitrogens with one attached hydrogen (secondary N) is 1. The first-order valence-electron chi connectivity index (χ1n) is 6.41. The van der Waals surface area contributed by atoms with Crippen molar-refractivity contribution in [3.63, 3.8) is 0 Å². The Balaban J connectivity index is -0.000000440. The van der Waals surface area contributed by atoms with Gasteiger partial charge in [0.05, 0.1) is 5.92 Å². The van der Waals surface area contributed by atoms with Crippen LogP contribution in [0.2, 0.25) is 0 Å². The number of halogens is 1. The Morgan fingerprint density at radius 1 is 1.12 bits per heavy atom. The van der Waals surface area contributed by atoms with Crippen LogP contribution in [0.25, 0.3) is 0 Å². The number of unbranched alkanes of at least 4 members (excludes halogenated alkanes) is 5. The third-order valence-corrected chi connectivity index (χ3v) is 2.41. The lowest BCUT2D eigenvalue weighted by molar-refractivity contribution is -0.141. The van der Waals surface area contributed by atoms with Crippen LogP contribution < -0.4 is 5.32 Å². The molecule has 0 aliphatic carbocycles. The number of hydrogen-bond donors (Lipinski definition) is 2. The van der Waals surface area contributed by atoms with Crippen LogP contribution in [0.3, 0.4) is 0 Å². The molecule has 106 valence electrons. The maximum Gasteiger partial charge on any atom is 0.306 e. The number of hydrogen-bond acceptors (Lipinski definition) is 2. The molecule has 0 saturated carbocycles. The van der Waals surface area contributed by atoms with Crippen LogP contribution >= 0.6 is 12.4 Å². The van der Waals surface area contributed by atoms with Crippen molar-refractivity contribution in [1.29, 1.82) is 0 Å². The van der Waals surface area contributed by atoms with Crippen LogP contribution in [0.4, 0.5) is 0 Å². The summed E-state index contributed by atoms with van der Waals surface area (Å²) in [7, 11) is 3.75. The highest BCUT2D eigenvalue weighted by Crippen LogP contribution is 2.11. The molecule has 0 bridgehead atoms. The van der Waals surface area contributed by atoms with Crippen molar-refractivity contribution >= 4 is 18.4 Å². The lowest BCUT2D eigenvalue weighted by Gasteiger charge is -2.04. The zero-order valence-corrected chi connectivity index (χ0v) is 12.6. The number of aliphatic carboxylic acids is 1. The molecule has 0 rings (SSSR count). The molecule has 0 amide bonds. The Morgan fingerprint density at radius 3 is 1.94 bits per heavy atom. The molecule has 0 spiro atoms. The van der Waals surface area contributed by atoms with Gasteiger partial charge in [-0.2, -0.15) is 0 Å². The maximum absolute atomic E-state index is 10.5. The molecule has 0 radical (unpaired) electrons. The van der Waals surface area contributed by atoms with Gasteiger partial charge in [-0.3, -0.25) is 4.79 Å². The molecule has 17 heavy (non-hydrogen) atoms. The van der Waals surface area contributed by atoms with E-state index in [0.717, 1.165) is 12.8 Å². The summed E-state index contributed by atoms with van der Waals surface area (Å²) in [5.41, 5.74) is 0. The molecule has 0 fully saturated rings. The van der Waals surface area contributed by atoms with E-state index < -0.39 is 5.97 Å². The third-order valence-electron chi connectivity index (χ3n) is 2.41. The summed E-state index contributed by atoms with van der Waals surface area (Å²) < 4.78 is 0. The summed E-state index contributed by atoms with van der Waals surface area (Å²) in [5.74, 6) is -0.820. The predicted molar refractivity (Wildman–Crippen MR) is 77.0 cm³/mol. The van der Waals surface area contributed by atoms with Gasteiger partial charge in [-0.05, 0) is 20.5 Å². The van der Waals surface area contributed by atoms with Crippen molar-refractivity contribution in [1.82, 2.24) is 5.32 Å². The summed E-state index contributed by atoms with van der Waals surface area (Å²) in [6.07, 6.45) is 8.24. The Bertz CT molecular complexity index is 154. The topological polar surface area (TPSA) is 49.3 Å². The van der Waals surface area contributed by atoms with Crippen LogP contribution in [-0.4, -0.2) is 25.2 Å². The van der Waals surface area contributed by atoms with Gasteiger partial charge in [0.1, 0.15) is 0 Å². The van der Waals surface area contributed by atoms with Crippen molar-refractivity contribution in [3.8, 4) is 0 Å². The molecular formula is C13H30ClNO2. The predicted octanol–water partition coefficient (Wildman–Crippen LogP) is 3.72. The summed E-state index contributed by atoms with van der Waals surface area (Å²) in [6, 6.07) is 0. The van der Waals surface area contributed by atoms with E-state index in [1.165, 1.54) is 32.1 Å². The molecule has 0 heterocycles. The van der Waals surface area contributed by atoms with Gasteiger partial charge in [0.2, 0.25) is 0 Å². The van der Waals surface area contributed by atoms with Crippen LogP contribution in [0.5, 0.6) is 0 Å². The molecule has 0 aromatic rings. The summed E-state index contributed by atoms with van der Waals surface area (Å²) in [5, 5.41) is 11.4. The van der Waals surface area contributed by atoms with Crippen LogP contribution in [0, 0.1) is 5.92 Å². The number of carboxylic acids is 1. The van der Waals surface area contributed by atoms with E-state index in [0.29, 0.717) is 0 Å². The van der Waals surface area contributed by atoms with Crippen LogP contribution in [0.15, 0.2) is 0 Å². The molecule has 1 atom stereocenters. The molecule has 0 aliphatic rings. The standard InChI is InChI=1S/C11H22O2.C2H7N.ClH/c1-3-4-5-6-7-8-9-10(2)11(12)13;1-3-2;/h10H,3-9H2,1-2H3,(H,12,13);3H,1-2H3;1H. The maximum atomic E-state index is 10.5. The molecule has 0 aromatic carbocycles. The molecule has 0 aliphatic heterocycles. The van der Waals surface area contributed by atoms with E-state index in [1.54, 1.807) is 6.92 Å². The monoisotopic (exact) mass is 267 g/mol. The fraction of sp³-hybridized carbons (Fsp3) is 0.923. The second-order valence-corrected chi connectivity index (χ2v) is 4.30. The second-order valence-electron chi connectivity index (χ2n) is 4.30. The summed E-state index contributed by atoms with van der Waals surface area (Å²) in [6.45, 7) is 3.99. The molecule has 0 saturated heterocycles. The largest absolute Gasteiger partial charge is 0.481 e. The Hall–Kier alpha value is -0.280. The fourth-order valence-corrected chi connectivity index (χ4v) is 1.35.